The first-order valence-corrected chi connectivity index (χ1v) is 7.35. The Bertz CT molecular complexity index is 578. The minimum atomic E-state index is 0.0135. The number of aryl methyl sites for hydroxylation is 1. The van der Waals surface area contributed by atoms with Crippen LogP contribution in [0.3, 0.4) is 0 Å². The van der Waals surface area contributed by atoms with Crippen molar-refractivity contribution in [1.82, 2.24) is 0 Å². The number of para-hydroxylation sites is 1. The molecule has 0 spiro atoms. The summed E-state index contributed by atoms with van der Waals surface area (Å²) >= 11 is 0. The van der Waals surface area contributed by atoms with Gasteiger partial charge in [0.15, 0.2) is 0 Å². The highest BCUT2D eigenvalue weighted by molar-refractivity contribution is 5.81. The van der Waals surface area contributed by atoms with Crippen molar-refractivity contribution in [2.24, 2.45) is 11.1 Å². The zero-order chi connectivity index (χ0) is 13.5. The van der Waals surface area contributed by atoms with Gasteiger partial charge in [-0.05, 0) is 36.8 Å². The van der Waals surface area contributed by atoms with E-state index in [0.29, 0.717) is 0 Å². The van der Waals surface area contributed by atoms with Gasteiger partial charge in [0, 0.05) is 5.39 Å². The normalized spacial score (nSPS) is 20.6. The summed E-state index contributed by atoms with van der Waals surface area (Å²) in [4.78, 5) is 0. The molecule has 2 N–H and O–H groups in total. The Morgan fingerprint density at radius 3 is 2.63 bits per heavy atom. The molecule has 0 aliphatic heterocycles. The van der Waals surface area contributed by atoms with Crippen molar-refractivity contribution in [3.05, 3.63) is 35.6 Å². The largest absolute Gasteiger partial charge is 0.459 e. The number of rotatable bonds is 2. The quantitative estimate of drug-likeness (QED) is 0.846. The molecule has 102 valence electrons. The predicted octanol–water partition coefficient (Wildman–Crippen LogP) is 4.71. The molecule has 2 nitrogen and oxygen atoms in total. The molecule has 1 atom stereocenters. The van der Waals surface area contributed by atoms with E-state index in [1.165, 1.54) is 43.1 Å². The van der Waals surface area contributed by atoms with Gasteiger partial charge in [-0.25, -0.2) is 0 Å². The van der Waals surface area contributed by atoms with Crippen LogP contribution in [-0.4, -0.2) is 0 Å². The molecule has 1 heterocycles. The van der Waals surface area contributed by atoms with Crippen molar-refractivity contribution >= 4 is 11.0 Å². The van der Waals surface area contributed by atoms with Crippen LogP contribution in [-0.2, 0) is 0 Å². The molecule has 1 aromatic heterocycles. The van der Waals surface area contributed by atoms with E-state index in [1.54, 1.807) is 0 Å². The van der Waals surface area contributed by atoms with Crippen LogP contribution in [0.4, 0.5) is 0 Å². The molecular formula is C17H23NO. The average Bonchev–Trinajstić information content (AvgIpc) is 2.84. The van der Waals surface area contributed by atoms with E-state index < -0.39 is 0 Å². The Morgan fingerprint density at radius 1 is 1.21 bits per heavy atom. The third-order valence-corrected chi connectivity index (χ3v) is 4.81. The van der Waals surface area contributed by atoms with Crippen LogP contribution in [0.2, 0.25) is 0 Å². The van der Waals surface area contributed by atoms with E-state index in [0.717, 1.165) is 11.3 Å². The summed E-state index contributed by atoms with van der Waals surface area (Å²) in [5.41, 5.74) is 8.90. The molecule has 1 fully saturated rings. The number of furan rings is 1. The molecule has 1 aliphatic carbocycles. The minimum Gasteiger partial charge on any atom is -0.459 e. The van der Waals surface area contributed by atoms with Crippen molar-refractivity contribution < 1.29 is 4.42 Å². The first-order valence-electron chi connectivity index (χ1n) is 7.35. The summed E-state index contributed by atoms with van der Waals surface area (Å²) in [6.45, 7) is 4.40. The lowest BCUT2D eigenvalue weighted by atomic mass is 9.70. The predicted molar refractivity (Wildman–Crippen MR) is 79.1 cm³/mol. The van der Waals surface area contributed by atoms with Crippen LogP contribution >= 0.6 is 0 Å². The SMILES string of the molecule is Cc1cccc2cc(C(N)C3(C)CCCCC3)oc12. The van der Waals surface area contributed by atoms with E-state index in [1.807, 2.05) is 0 Å². The maximum absolute atomic E-state index is 6.52. The van der Waals surface area contributed by atoms with Crippen LogP contribution in [0.15, 0.2) is 28.7 Å². The number of benzene rings is 1. The molecule has 3 rings (SSSR count). The molecule has 1 saturated carbocycles. The van der Waals surface area contributed by atoms with Gasteiger partial charge in [0.2, 0.25) is 0 Å². The summed E-state index contributed by atoms with van der Waals surface area (Å²) < 4.78 is 6.05. The van der Waals surface area contributed by atoms with Gasteiger partial charge in [-0.1, -0.05) is 44.4 Å². The van der Waals surface area contributed by atoms with Crippen LogP contribution in [0.1, 0.15) is 56.4 Å². The topological polar surface area (TPSA) is 39.2 Å². The first-order chi connectivity index (χ1) is 9.10. The van der Waals surface area contributed by atoms with Gasteiger partial charge in [-0.2, -0.15) is 0 Å². The van der Waals surface area contributed by atoms with Crippen LogP contribution in [0, 0.1) is 12.3 Å². The lowest BCUT2D eigenvalue weighted by Gasteiger charge is -2.37. The maximum atomic E-state index is 6.52. The summed E-state index contributed by atoms with van der Waals surface area (Å²) in [6.07, 6.45) is 6.36. The monoisotopic (exact) mass is 257 g/mol. The van der Waals surface area contributed by atoms with Gasteiger partial charge in [-0.15, -0.1) is 0 Å². The molecular weight excluding hydrogens is 234 g/mol. The van der Waals surface area contributed by atoms with E-state index in [9.17, 15) is 0 Å². The van der Waals surface area contributed by atoms with E-state index >= 15 is 0 Å². The lowest BCUT2D eigenvalue weighted by Crippen LogP contribution is -2.33. The van der Waals surface area contributed by atoms with Crippen molar-refractivity contribution in [2.75, 3.05) is 0 Å². The highest BCUT2D eigenvalue weighted by Gasteiger charge is 2.35. The summed E-state index contributed by atoms with van der Waals surface area (Å²) in [5.74, 6) is 0.953. The first kappa shape index (κ1) is 12.7. The molecule has 0 saturated heterocycles. The van der Waals surface area contributed by atoms with E-state index in [2.05, 4.69) is 38.1 Å². The molecule has 0 amide bonds. The molecule has 0 bridgehead atoms. The van der Waals surface area contributed by atoms with Gasteiger partial charge >= 0.3 is 0 Å². The third kappa shape index (κ3) is 2.18. The smallest absolute Gasteiger partial charge is 0.137 e. The number of fused-ring (bicyclic) bond motifs is 1. The second kappa shape index (κ2) is 4.68. The third-order valence-electron chi connectivity index (χ3n) is 4.81. The number of hydrogen-bond acceptors (Lipinski definition) is 2. The van der Waals surface area contributed by atoms with Gasteiger partial charge in [0.05, 0.1) is 6.04 Å². The fourth-order valence-electron chi connectivity index (χ4n) is 3.40. The van der Waals surface area contributed by atoms with Crippen LogP contribution in [0.25, 0.3) is 11.0 Å². The van der Waals surface area contributed by atoms with Crippen molar-refractivity contribution in [3.8, 4) is 0 Å². The van der Waals surface area contributed by atoms with Crippen molar-refractivity contribution in [2.45, 2.75) is 52.0 Å². The van der Waals surface area contributed by atoms with Crippen molar-refractivity contribution in [3.63, 3.8) is 0 Å². The Labute approximate surface area is 115 Å². The molecule has 1 unspecified atom stereocenters. The molecule has 1 aromatic carbocycles. The fourth-order valence-corrected chi connectivity index (χ4v) is 3.40. The maximum Gasteiger partial charge on any atom is 0.137 e. The van der Waals surface area contributed by atoms with E-state index in [4.69, 9.17) is 10.2 Å². The molecule has 0 radical (unpaired) electrons. The van der Waals surface area contributed by atoms with Crippen LogP contribution < -0.4 is 5.73 Å². The zero-order valence-electron chi connectivity index (χ0n) is 11.9. The van der Waals surface area contributed by atoms with E-state index in [-0.39, 0.29) is 11.5 Å². The van der Waals surface area contributed by atoms with Gasteiger partial charge < -0.3 is 10.2 Å². The van der Waals surface area contributed by atoms with Gasteiger partial charge in [0.25, 0.3) is 0 Å². The molecule has 1 aliphatic rings. The highest BCUT2D eigenvalue weighted by Crippen LogP contribution is 2.45. The number of nitrogens with two attached hydrogens (primary N) is 1. The Kier molecular flexibility index (Phi) is 3.14. The average molecular weight is 257 g/mol. The summed E-state index contributed by atoms with van der Waals surface area (Å²) in [5, 5.41) is 1.17. The summed E-state index contributed by atoms with van der Waals surface area (Å²) in [6, 6.07) is 8.41. The van der Waals surface area contributed by atoms with Crippen LogP contribution in [0.5, 0.6) is 0 Å². The highest BCUT2D eigenvalue weighted by atomic mass is 16.3. The fraction of sp³-hybridized carbons (Fsp3) is 0.529. The second-order valence-corrected chi connectivity index (χ2v) is 6.33. The zero-order valence-corrected chi connectivity index (χ0v) is 11.9. The minimum absolute atomic E-state index is 0.0135. The Balaban J connectivity index is 1.97. The number of hydrogen-bond donors (Lipinski definition) is 1. The standard InChI is InChI=1S/C17H23NO/c1-12-7-6-8-13-11-14(19-15(12)13)16(18)17(2)9-4-3-5-10-17/h6-8,11,16H,3-5,9-10,18H2,1-2H3. The van der Waals surface area contributed by atoms with Crippen molar-refractivity contribution in [1.29, 1.82) is 0 Å². The molecule has 2 aromatic rings. The molecule has 2 heteroatoms. The second-order valence-electron chi connectivity index (χ2n) is 6.33. The van der Waals surface area contributed by atoms with Gasteiger partial charge in [0.1, 0.15) is 11.3 Å². The summed E-state index contributed by atoms with van der Waals surface area (Å²) in [7, 11) is 0. The Morgan fingerprint density at radius 2 is 1.95 bits per heavy atom. The molecule has 19 heavy (non-hydrogen) atoms. The lowest BCUT2D eigenvalue weighted by molar-refractivity contribution is 0.156. The Hall–Kier alpha value is -1.28. The van der Waals surface area contributed by atoms with Gasteiger partial charge in [-0.3, -0.25) is 0 Å².